The van der Waals surface area contributed by atoms with Gasteiger partial charge in [0, 0.05) is 39.6 Å². The molecule has 1 amide bonds. The lowest BCUT2D eigenvalue weighted by molar-refractivity contribution is 0.102. The Bertz CT molecular complexity index is 1010. The normalized spacial score (nSPS) is 12.8. The summed E-state index contributed by atoms with van der Waals surface area (Å²) in [4.78, 5) is 17.9. The molecule has 3 aromatic rings. The number of thiazole rings is 1. The van der Waals surface area contributed by atoms with E-state index in [1.54, 1.807) is 18.3 Å². The Balaban J connectivity index is 0.00000225. The van der Waals surface area contributed by atoms with Crippen LogP contribution < -0.4 is 10.6 Å². The maximum Gasteiger partial charge on any atom is 0.257 e. The van der Waals surface area contributed by atoms with E-state index in [-0.39, 0.29) is 18.3 Å². The van der Waals surface area contributed by atoms with Gasteiger partial charge in [-0.05, 0) is 60.0 Å². The fourth-order valence-electron chi connectivity index (χ4n) is 3.10. The molecule has 0 aliphatic carbocycles. The number of carbonyl (C=O) groups is 1. The van der Waals surface area contributed by atoms with Gasteiger partial charge in [0.05, 0.1) is 0 Å². The monoisotopic (exact) mass is 453 g/mol. The maximum absolute atomic E-state index is 12.6. The second kappa shape index (κ2) is 9.25. The van der Waals surface area contributed by atoms with E-state index < -0.39 is 0 Å². The fourth-order valence-corrected chi connectivity index (χ4v) is 4.31. The highest BCUT2D eigenvalue weighted by Crippen LogP contribution is 2.27. The van der Waals surface area contributed by atoms with Gasteiger partial charge < -0.3 is 5.32 Å². The Morgan fingerprint density at radius 1 is 1.18 bits per heavy atom. The van der Waals surface area contributed by atoms with E-state index in [0.717, 1.165) is 30.0 Å². The van der Waals surface area contributed by atoms with Gasteiger partial charge in [-0.2, -0.15) is 0 Å². The summed E-state index contributed by atoms with van der Waals surface area (Å²) in [7, 11) is 0. The molecular formula is C20H18Cl3N3OS. The van der Waals surface area contributed by atoms with Crippen molar-refractivity contribution in [2.75, 3.05) is 11.9 Å². The van der Waals surface area contributed by atoms with Crippen LogP contribution in [-0.4, -0.2) is 17.4 Å². The Morgan fingerprint density at radius 2 is 2.04 bits per heavy atom. The topological polar surface area (TPSA) is 54.0 Å². The van der Waals surface area contributed by atoms with Gasteiger partial charge in [-0.25, -0.2) is 4.98 Å². The molecular weight excluding hydrogens is 437 g/mol. The first-order valence-corrected chi connectivity index (χ1v) is 10.2. The van der Waals surface area contributed by atoms with Gasteiger partial charge >= 0.3 is 0 Å². The van der Waals surface area contributed by atoms with Crippen LogP contribution in [-0.2, 0) is 19.4 Å². The molecule has 0 saturated heterocycles. The third-order valence-electron chi connectivity index (χ3n) is 4.50. The average molecular weight is 455 g/mol. The number of anilines is 1. The van der Waals surface area contributed by atoms with Gasteiger partial charge in [0.25, 0.3) is 5.91 Å². The predicted octanol–water partition coefficient (Wildman–Crippen LogP) is 5.36. The summed E-state index contributed by atoms with van der Waals surface area (Å²) in [6, 6.07) is 11.3. The maximum atomic E-state index is 12.6. The number of nitrogens with zero attached hydrogens (tertiary/aromatic N) is 1. The van der Waals surface area contributed by atoms with E-state index in [4.69, 9.17) is 23.2 Å². The summed E-state index contributed by atoms with van der Waals surface area (Å²) < 4.78 is 0. The van der Waals surface area contributed by atoms with Gasteiger partial charge in [0.1, 0.15) is 0 Å². The van der Waals surface area contributed by atoms with Crippen molar-refractivity contribution < 1.29 is 4.79 Å². The van der Waals surface area contributed by atoms with Gasteiger partial charge in [-0.15, -0.1) is 23.7 Å². The molecule has 2 aromatic carbocycles. The van der Waals surface area contributed by atoms with E-state index in [2.05, 4.69) is 15.6 Å². The van der Waals surface area contributed by atoms with Crippen molar-refractivity contribution in [3.05, 3.63) is 79.8 Å². The van der Waals surface area contributed by atoms with E-state index >= 15 is 0 Å². The Hall–Kier alpha value is -1.63. The van der Waals surface area contributed by atoms with Crippen LogP contribution in [0.3, 0.4) is 0 Å². The number of carbonyl (C=O) groups excluding carboxylic acids is 1. The second-order valence-corrected chi connectivity index (χ2v) is 8.37. The molecule has 0 fully saturated rings. The van der Waals surface area contributed by atoms with Crippen molar-refractivity contribution in [3.63, 3.8) is 0 Å². The molecule has 1 aliphatic rings. The third kappa shape index (κ3) is 4.85. The summed E-state index contributed by atoms with van der Waals surface area (Å²) in [6.07, 6.45) is 3.33. The molecule has 4 nitrogen and oxygen atoms in total. The summed E-state index contributed by atoms with van der Waals surface area (Å²) in [5.74, 6) is -0.141. The summed E-state index contributed by atoms with van der Waals surface area (Å²) in [5.41, 5.74) is 4.09. The van der Waals surface area contributed by atoms with Crippen LogP contribution in [0.1, 0.15) is 31.9 Å². The van der Waals surface area contributed by atoms with E-state index in [1.165, 1.54) is 22.5 Å². The Kier molecular flexibility index (Phi) is 6.96. The van der Waals surface area contributed by atoms with Crippen LogP contribution in [0, 0.1) is 0 Å². The van der Waals surface area contributed by atoms with Crippen molar-refractivity contribution in [2.24, 2.45) is 0 Å². The smallest absolute Gasteiger partial charge is 0.257 e. The summed E-state index contributed by atoms with van der Waals surface area (Å²) >= 11 is 13.7. The summed E-state index contributed by atoms with van der Waals surface area (Å²) in [6.45, 7) is 1.80. The number of halogens is 3. The number of amides is 1. The highest BCUT2D eigenvalue weighted by atomic mass is 35.5. The van der Waals surface area contributed by atoms with Crippen molar-refractivity contribution in [2.45, 2.75) is 19.4 Å². The predicted molar refractivity (Wildman–Crippen MR) is 118 cm³/mol. The molecule has 0 saturated carbocycles. The highest BCUT2D eigenvalue weighted by molar-refractivity contribution is 7.15. The molecule has 2 heterocycles. The zero-order valence-electron chi connectivity index (χ0n) is 14.8. The molecule has 0 atom stereocenters. The fraction of sp³-hybridized carbons (Fsp3) is 0.200. The van der Waals surface area contributed by atoms with Crippen LogP contribution >= 0.6 is 46.9 Å². The molecule has 1 aromatic heterocycles. The lowest BCUT2D eigenvalue weighted by Crippen LogP contribution is -2.24. The van der Waals surface area contributed by atoms with Crippen LogP contribution in [0.25, 0.3) is 0 Å². The zero-order valence-corrected chi connectivity index (χ0v) is 17.9. The minimum absolute atomic E-state index is 0. The SMILES string of the molecule is Cl.O=C(Nc1ncc(Cc2cc(Cl)ccc2Cl)s1)c1ccc2c(c1)CCNC2. The standard InChI is InChI=1S/C20H17Cl2N3OS.ClH/c21-16-3-4-18(22)15(8-16)9-17-11-24-20(27-17)25-19(26)13-1-2-14-10-23-6-5-12(14)7-13;/h1-4,7-8,11,23H,5-6,9-10H2,(H,24,25,26);1H. The quantitative estimate of drug-likeness (QED) is 0.558. The van der Waals surface area contributed by atoms with Crippen LogP contribution in [0.15, 0.2) is 42.6 Å². The average Bonchev–Trinajstić information content (AvgIpc) is 3.11. The first kappa shape index (κ1) is 21.1. The number of benzene rings is 2. The van der Waals surface area contributed by atoms with Crippen LogP contribution in [0.2, 0.25) is 10.0 Å². The van der Waals surface area contributed by atoms with Gasteiger partial charge in [-0.1, -0.05) is 29.3 Å². The first-order chi connectivity index (χ1) is 13.1. The van der Waals surface area contributed by atoms with Crippen LogP contribution in [0.4, 0.5) is 5.13 Å². The summed E-state index contributed by atoms with van der Waals surface area (Å²) in [5, 5.41) is 8.12. The second-order valence-electron chi connectivity index (χ2n) is 6.41. The Labute approximate surface area is 183 Å². The number of hydrogen-bond acceptors (Lipinski definition) is 4. The molecule has 4 rings (SSSR count). The highest BCUT2D eigenvalue weighted by Gasteiger charge is 2.14. The minimum atomic E-state index is -0.141. The molecule has 146 valence electrons. The van der Waals surface area contributed by atoms with Crippen LogP contribution in [0.5, 0.6) is 0 Å². The molecule has 28 heavy (non-hydrogen) atoms. The lowest BCUT2D eigenvalue weighted by Gasteiger charge is -2.17. The lowest BCUT2D eigenvalue weighted by atomic mass is 9.98. The third-order valence-corrected chi connectivity index (χ3v) is 6.02. The number of nitrogens with one attached hydrogen (secondary N) is 2. The van der Waals surface area contributed by atoms with E-state index in [0.29, 0.717) is 27.2 Å². The van der Waals surface area contributed by atoms with Gasteiger partial charge in [-0.3, -0.25) is 10.1 Å². The van der Waals surface area contributed by atoms with Crippen molar-refractivity contribution in [3.8, 4) is 0 Å². The molecule has 2 N–H and O–H groups in total. The Morgan fingerprint density at radius 3 is 2.89 bits per heavy atom. The first-order valence-electron chi connectivity index (χ1n) is 8.61. The van der Waals surface area contributed by atoms with Gasteiger partial charge in [0.2, 0.25) is 0 Å². The molecule has 0 spiro atoms. The largest absolute Gasteiger partial charge is 0.312 e. The van der Waals surface area contributed by atoms with Crippen molar-refractivity contribution in [1.82, 2.24) is 10.3 Å². The van der Waals surface area contributed by atoms with E-state index in [1.807, 2.05) is 24.3 Å². The number of rotatable bonds is 4. The van der Waals surface area contributed by atoms with Crippen molar-refractivity contribution in [1.29, 1.82) is 0 Å². The molecule has 8 heteroatoms. The molecule has 0 bridgehead atoms. The molecule has 1 aliphatic heterocycles. The molecule has 0 radical (unpaired) electrons. The van der Waals surface area contributed by atoms with E-state index in [9.17, 15) is 4.79 Å². The number of hydrogen-bond donors (Lipinski definition) is 2. The zero-order chi connectivity index (χ0) is 18.8. The van der Waals surface area contributed by atoms with Crippen molar-refractivity contribution >= 4 is 58.0 Å². The number of fused-ring (bicyclic) bond motifs is 1. The molecule has 0 unspecified atom stereocenters. The number of aromatic nitrogens is 1. The van der Waals surface area contributed by atoms with Gasteiger partial charge in [0.15, 0.2) is 5.13 Å². The minimum Gasteiger partial charge on any atom is -0.312 e.